The highest BCUT2D eigenvalue weighted by Gasteiger charge is 2.31. The molecule has 1 aromatic rings. The van der Waals surface area contributed by atoms with Crippen molar-refractivity contribution in [3.8, 4) is 5.75 Å². The molecule has 28 heavy (non-hydrogen) atoms. The Balaban J connectivity index is 1.96. The average Bonchev–Trinajstić information content (AvgIpc) is 3.04. The summed E-state index contributed by atoms with van der Waals surface area (Å²) in [6.45, 7) is 12.3. The van der Waals surface area contributed by atoms with Gasteiger partial charge in [-0.25, -0.2) is 4.79 Å². The first-order chi connectivity index (χ1) is 13.0. The minimum Gasteiger partial charge on any atom is -0.493 e. The van der Waals surface area contributed by atoms with Crippen LogP contribution in [-0.2, 0) is 16.0 Å². The van der Waals surface area contributed by atoms with E-state index in [9.17, 15) is 9.59 Å². The molecule has 6 nitrogen and oxygen atoms in total. The largest absolute Gasteiger partial charge is 0.493 e. The second-order valence-corrected chi connectivity index (χ2v) is 8.72. The van der Waals surface area contributed by atoms with Crippen LogP contribution in [0.5, 0.6) is 5.75 Å². The number of hydrogen-bond donors (Lipinski definition) is 2. The van der Waals surface area contributed by atoms with Crippen LogP contribution in [0.1, 0.15) is 52.7 Å². The third kappa shape index (κ3) is 6.29. The summed E-state index contributed by atoms with van der Waals surface area (Å²) in [5.74, 6) is 0.818. The number of amides is 2. The van der Waals surface area contributed by atoms with Crippen LogP contribution in [0, 0.1) is 5.92 Å². The third-order valence-electron chi connectivity index (χ3n) is 4.82. The Morgan fingerprint density at radius 1 is 1.25 bits per heavy atom. The molecule has 0 spiro atoms. The van der Waals surface area contributed by atoms with E-state index < -0.39 is 17.2 Å². The molecule has 0 aromatic heterocycles. The maximum absolute atomic E-state index is 12.5. The van der Waals surface area contributed by atoms with Crippen LogP contribution in [-0.4, -0.2) is 36.3 Å². The van der Waals surface area contributed by atoms with Crippen molar-refractivity contribution in [1.82, 2.24) is 10.6 Å². The molecule has 2 amide bonds. The van der Waals surface area contributed by atoms with Gasteiger partial charge in [0.1, 0.15) is 11.4 Å². The van der Waals surface area contributed by atoms with Crippen LogP contribution >= 0.6 is 0 Å². The van der Waals surface area contributed by atoms with Crippen LogP contribution in [0.3, 0.4) is 0 Å². The molecule has 1 aliphatic rings. The number of carbonyl (C=O) groups is 2. The fourth-order valence-corrected chi connectivity index (χ4v) is 2.77. The normalized spacial score (nSPS) is 15.7. The molecule has 0 aliphatic carbocycles. The lowest BCUT2D eigenvalue weighted by molar-refractivity contribution is -0.118. The van der Waals surface area contributed by atoms with Gasteiger partial charge in [-0.3, -0.25) is 4.79 Å². The highest BCUT2D eigenvalue weighted by molar-refractivity contribution is 5.92. The van der Waals surface area contributed by atoms with E-state index >= 15 is 0 Å². The lowest BCUT2D eigenvalue weighted by Gasteiger charge is -2.35. The summed E-state index contributed by atoms with van der Waals surface area (Å²) in [7, 11) is 0. The molecule has 1 aromatic carbocycles. The summed E-state index contributed by atoms with van der Waals surface area (Å²) in [5, 5.41) is 5.77. The summed E-state index contributed by atoms with van der Waals surface area (Å²) < 4.78 is 10.8. The van der Waals surface area contributed by atoms with Gasteiger partial charge in [0.15, 0.2) is 0 Å². The minimum absolute atomic E-state index is 0.108. The van der Waals surface area contributed by atoms with E-state index in [1.165, 1.54) is 6.08 Å². The van der Waals surface area contributed by atoms with Crippen molar-refractivity contribution >= 4 is 18.1 Å². The van der Waals surface area contributed by atoms with Crippen molar-refractivity contribution in [2.24, 2.45) is 5.92 Å². The molecule has 154 valence electrons. The molecule has 1 atom stereocenters. The molecule has 1 aliphatic heterocycles. The van der Waals surface area contributed by atoms with Crippen molar-refractivity contribution in [2.75, 3.05) is 13.2 Å². The van der Waals surface area contributed by atoms with Crippen LogP contribution in [0.25, 0.3) is 6.08 Å². The molecule has 0 fully saturated rings. The van der Waals surface area contributed by atoms with E-state index in [0.717, 1.165) is 23.3 Å². The van der Waals surface area contributed by atoms with Gasteiger partial charge >= 0.3 is 6.09 Å². The van der Waals surface area contributed by atoms with E-state index in [2.05, 4.69) is 10.6 Å². The Bertz CT molecular complexity index is 749. The summed E-state index contributed by atoms with van der Waals surface area (Å²) in [6, 6.07) is 5.90. The van der Waals surface area contributed by atoms with Crippen molar-refractivity contribution in [2.45, 2.75) is 59.1 Å². The lowest BCUT2D eigenvalue weighted by atomic mass is 9.88. The highest BCUT2D eigenvalue weighted by atomic mass is 16.6. The zero-order valence-electron chi connectivity index (χ0n) is 17.7. The molecular formula is C22H32N2O4. The van der Waals surface area contributed by atoms with Crippen molar-refractivity contribution in [3.63, 3.8) is 0 Å². The van der Waals surface area contributed by atoms with Crippen LogP contribution in [0.2, 0.25) is 0 Å². The number of alkyl carbamates (subject to hydrolysis) is 1. The third-order valence-corrected chi connectivity index (χ3v) is 4.82. The maximum Gasteiger partial charge on any atom is 0.407 e. The monoisotopic (exact) mass is 388 g/mol. The van der Waals surface area contributed by atoms with Gasteiger partial charge in [0.2, 0.25) is 5.91 Å². The number of rotatable bonds is 6. The number of carbonyl (C=O) groups excluding carboxylic acids is 2. The standard InChI is InChI=1S/C22H32N2O4/c1-15(2)22(6,14-23-20(26)28-21(3,4)5)24-19(25)10-8-16-7-9-18-17(13-16)11-12-27-18/h7-10,13,15H,11-12,14H2,1-6H3,(H,23,26)(H,24,25)/b10-8+. The van der Waals surface area contributed by atoms with E-state index in [4.69, 9.17) is 9.47 Å². The summed E-state index contributed by atoms with van der Waals surface area (Å²) in [5.41, 5.74) is 0.948. The zero-order valence-corrected chi connectivity index (χ0v) is 17.7. The molecule has 1 heterocycles. The molecule has 2 rings (SSSR count). The zero-order chi connectivity index (χ0) is 20.9. The van der Waals surface area contributed by atoms with Gasteiger partial charge in [0, 0.05) is 19.0 Å². The first kappa shape index (κ1) is 21.8. The molecule has 2 N–H and O–H groups in total. The quantitative estimate of drug-likeness (QED) is 0.729. The van der Waals surface area contributed by atoms with Gasteiger partial charge < -0.3 is 20.1 Å². The number of fused-ring (bicyclic) bond motifs is 1. The molecule has 0 saturated carbocycles. The van der Waals surface area contributed by atoms with Crippen LogP contribution in [0.15, 0.2) is 24.3 Å². The Morgan fingerprint density at radius 2 is 1.96 bits per heavy atom. The predicted octanol–water partition coefficient (Wildman–Crippen LogP) is 3.69. The van der Waals surface area contributed by atoms with E-state index in [1.807, 2.05) is 59.7 Å². The molecular weight excluding hydrogens is 356 g/mol. The fraction of sp³-hybridized carbons (Fsp3) is 0.545. The number of ether oxygens (including phenoxy) is 2. The maximum atomic E-state index is 12.5. The van der Waals surface area contributed by atoms with E-state index in [0.29, 0.717) is 6.61 Å². The van der Waals surface area contributed by atoms with Gasteiger partial charge in [-0.1, -0.05) is 19.9 Å². The van der Waals surface area contributed by atoms with Crippen LogP contribution < -0.4 is 15.4 Å². The van der Waals surface area contributed by atoms with Gasteiger partial charge in [-0.2, -0.15) is 0 Å². The number of nitrogens with one attached hydrogen (secondary N) is 2. The lowest BCUT2D eigenvalue weighted by Crippen LogP contribution is -2.56. The minimum atomic E-state index is -0.607. The summed E-state index contributed by atoms with van der Waals surface area (Å²) in [4.78, 5) is 24.4. The summed E-state index contributed by atoms with van der Waals surface area (Å²) in [6.07, 6.45) is 3.71. The van der Waals surface area contributed by atoms with Crippen molar-refractivity contribution in [3.05, 3.63) is 35.4 Å². The Hall–Kier alpha value is -2.50. The topological polar surface area (TPSA) is 76.7 Å². The Labute approximate surface area is 167 Å². The number of benzene rings is 1. The molecule has 0 bridgehead atoms. The Kier molecular flexibility index (Phi) is 6.75. The van der Waals surface area contributed by atoms with Gasteiger partial charge in [-0.15, -0.1) is 0 Å². The van der Waals surface area contributed by atoms with E-state index in [-0.39, 0.29) is 18.4 Å². The first-order valence-corrected chi connectivity index (χ1v) is 9.71. The van der Waals surface area contributed by atoms with Crippen LogP contribution in [0.4, 0.5) is 4.79 Å². The molecule has 1 unspecified atom stereocenters. The predicted molar refractivity (Wildman–Crippen MR) is 110 cm³/mol. The fourth-order valence-electron chi connectivity index (χ4n) is 2.77. The summed E-state index contributed by atoms with van der Waals surface area (Å²) >= 11 is 0. The molecule has 6 heteroatoms. The SMILES string of the molecule is CC(C)C(C)(CNC(=O)OC(C)(C)C)NC(=O)/C=C/c1ccc2c(c1)CCO2. The first-order valence-electron chi connectivity index (χ1n) is 9.71. The molecule has 0 saturated heterocycles. The number of hydrogen-bond acceptors (Lipinski definition) is 4. The molecule has 0 radical (unpaired) electrons. The van der Waals surface area contributed by atoms with Gasteiger partial charge in [0.05, 0.1) is 12.1 Å². The van der Waals surface area contributed by atoms with Gasteiger partial charge in [-0.05, 0) is 62.9 Å². The van der Waals surface area contributed by atoms with E-state index in [1.54, 1.807) is 6.08 Å². The highest BCUT2D eigenvalue weighted by Crippen LogP contribution is 2.26. The smallest absolute Gasteiger partial charge is 0.407 e. The second-order valence-electron chi connectivity index (χ2n) is 8.72. The Morgan fingerprint density at radius 3 is 2.61 bits per heavy atom. The second kappa shape index (κ2) is 8.67. The van der Waals surface area contributed by atoms with Crippen molar-refractivity contribution < 1.29 is 19.1 Å². The van der Waals surface area contributed by atoms with Crippen molar-refractivity contribution in [1.29, 1.82) is 0 Å². The van der Waals surface area contributed by atoms with Gasteiger partial charge in [0.25, 0.3) is 0 Å². The average molecular weight is 389 g/mol.